The fourth-order valence-electron chi connectivity index (χ4n) is 2.87. The van der Waals surface area contributed by atoms with Gasteiger partial charge in [-0.1, -0.05) is 29.8 Å². The van der Waals surface area contributed by atoms with Crippen LogP contribution in [0.3, 0.4) is 0 Å². The SMILES string of the molecule is CNc1cccc(CCOc2ccc(C[C@H](NC(=O)c3sccc3Cl)C(=O)O)cc2)n1. The Hall–Kier alpha value is -3.10. The highest BCUT2D eigenvalue weighted by Gasteiger charge is 2.23. The predicted octanol–water partition coefficient (Wildman–Crippen LogP) is 3.89. The molecule has 1 amide bonds. The van der Waals surface area contributed by atoms with Crippen LogP contribution in [0.2, 0.25) is 5.02 Å². The van der Waals surface area contributed by atoms with E-state index in [1.165, 1.54) is 11.3 Å². The molecule has 162 valence electrons. The van der Waals surface area contributed by atoms with Gasteiger partial charge in [-0.25, -0.2) is 9.78 Å². The van der Waals surface area contributed by atoms with E-state index in [1.807, 2.05) is 25.2 Å². The van der Waals surface area contributed by atoms with E-state index in [1.54, 1.807) is 35.7 Å². The standard InChI is InChI=1S/C22H22ClN3O4S/c1-24-19-4-2-3-15(25-19)9-11-30-16-7-5-14(6-8-16)13-18(22(28)29)26-21(27)20-17(23)10-12-31-20/h2-8,10,12,18H,9,11,13H2,1H3,(H,24,25)(H,26,27)(H,28,29)/t18-/m0/s1. The minimum Gasteiger partial charge on any atom is -0.493 e. The van der Waals surface area contributed by atoms with Gasteiger partial charge in [0.1, 0.15) is 22.5 Å². The van der Waals surface area contributed by atoms with Crippen molar-refractivity contribution < 1.29 is 19.4 Å². The number of amides is 1. The van der Waals surface area contributed by atoms with Gasteiger partial charge >= 0.3 is 5.97 Å². The van der Waals surface area contributed by atoms with E-state index in [9.17, 15) is 14.7 Å². The lowest BCUT2D eigenvalue weighted by Crippen LogP contribution is -2.42. The Balaban J connectivity index is 1.53. The van der Waals surface area contributed by atoms with Crippen molar-refractivity contribution in [3.05, 3.63) is 75.1 Å². The number of aromatic nitrogens is 1. The maximum Gasteiger partial charge on any atom is 0.326 e. The van der Waals surface area contributed by atoms with E-state index in [4.69, 9.17) is 16.3 Å². The molecule has 0 aliphatic rings. The van der Waals surface area contributed by atoms with Crippen LogP contribution in [0.5, 0.6) is 5.75 Å². The number of anilines is 1. The highest BCUT2D eigenvalue weighted by molar-refractivity contribution is 7.12. The fourth-order valence-corrected chi connectivity index (χ4v) is 3.91. The minimum absolute atomic E-state index is 0.144. The van der Waals surface area contributed by atoms with E-state index < -0.39 is 17.9 Å². The second-order valence-electron chi connectivity index (χ2n) is 6.67. The summed E-state index contributed by atoms with van der Waals surface area (Å²) in [7, 11) is 1.82. The summed E-state index contributed by atoms with van der Waals surface area (Å²) in [4.78, 5) is 28.6. The molecular formula is C22H22ClN3O4S. The Labute approximate surface area is 189 Å². The number of rotatable bonds is 10. The van der Waals surface area contributed by atoms with E-state index >= 15 is 0 Å². The molecule has 7 nitrogen and oxygen atoms in total. The molecule has 2 aromatic heterocycles. The molecule has 2 heterocycles. The average molecular weight is 460 g/mol. The van der Waals surface area contributed by atoms with Crippen molar-refractivity contribution in [3.63, 3.8) is 0 Å². The summed E-state index contributed by atoms with van der Waals surface area (Å²) in [6.45, 7) is 0.467. The van der Waals surface area contributed by atoms with Crippen LogP contribution in [0.25, 0.3) is 0 Å². The summed E-state index contributed by atoms with van der Waals surface area (Å²) in [6.07, 6.45) is 0.806. The topological polar surface area (TPSA) is 101 Å². The number of carbonyl (C=O) groups is 2. The molecule has 3 N–H and O–H groups in total. The first-order valence-corrected chi connectivity index (χ1v) is 10.8. The number of ether oxygens (including phenoxy) is 1. The van der Waals surface area contributed by atoms with Gasteiger partial charge in [0.2, 0.25) is 0 Å². The van der Waals surface area contributed by atoms with Crippen molar-refractivity contribution in [1.82, 2.24) is 10.3 Å². The number of carboxylic acid groups (broad SMARTS) is 1. The summed E-state index contributed by atoms with van der Waals surface area (Å²) in [5.74, 6) is -0.126. The molecule has 3 aromatic rings. The third-order valence-corrected chi connectivity index (χ3v) is 5.82. The first kappa shape index (κ1) is 22.6. The average Bonchev–Trinajstić information content (AvgIpc) is 3.20. The number of carbonyl (C=O) groups excluding carboxylic acids is 1. The molecule has 0 saturated heterocycles. The predicted molar refractivity (Wildman–Crippen MR) is 121 cm³/mol. The molecule has 1 atom stereocenters. The van der Waals surface area contributed by atoms with Gasteiger partial charge in [-0.3, -0.25) is 4.79 Å². The summed E-state index contributed by atoms with van der Waals surface area (Å²) in [6, 6.07) is 13.4. The number of thiophene rings is 1. The smallest absolute Gasteiger partial charge is 0.326 e. The van der Waals surface area contributed by atoms with Gasteiger partial charge in [0.15, 0.2) is 0 Å². The van der Waals surface area contributed by atoms with Crippen LogP contribution in [0.1, 0.15) is 20.9 Å². The van der Waals surface area contributed by atoms with Crippen molar-refractivity contribution in [3.8, 4) is 5.75 Å². The molecule has 0 aliphatic carbocycles. The molecular weight excluding hydrogens is 438 g/mol. The Morgan fingerprint density at radius 1 is 1.19 bits per heavy atom. The Kier molecular flexibility index (Phi) is 7.86. The maximum absolute atomic E-state index is 12.3. The summed E-state index contributed by atoms with van der Waals surface area (Å²) >= 11 is 7.12. The zero-order valence-electron chi connectivity index (χ0n) is 16.8. The number of aliphatic carboxylic acids is 1. The molecule has 0 fully saturated rings. The Morgan fingerprint density at radius 2 is 1.97 bits per heavy atom. The van der Waals surface area contributed by atoms with Gasteiger partial charge < -0.3 is 20.5 Å². The number of carboxylic acids is 1. The van der Waals surface area contributed by atoms with E-state index in [0.29, 0.717) is 28.7 Å². The second kappa shape index (κ2) is 10.8. The molecule has 9 heteroatoms. The summed E-state index contributed by atoms with van der Waals surface area (Å²) in [5.41, 5.74) is 1.69. The molecule has 0 radical (unpaired) electrons. The molecule has 0 unspecified atom stereocenters. The largest absolute Gasteiger partial charge is 0.493 e. The van der Waals surface area contributed by atoms with Crippen molar-refractivity contribution in [2.45, 2.75) is 18.9 Å². The van der Waals surface area contributed by atoms with Crippen LogP contribution < -0.4 is 15.4 Å². The zero-order valence-corrected chi connectivity index (χ0v) is 18.4. The maximum atomic E-state index is 12.3. The molecule has 1 aromatic carbocycles. The monoisotopic (exact) mass is 459 g/mol. The zero-order chi connectivity index (χ0) is 22.2. The van der Waals surface area contributed by atoms with E-state index in [0.717, 1.165) is 17.1 Å². The van der Waals surface area contributed by atoms with E-state index in [2.05, 4.69) is 15.6 Å². The van der Waals surface area contributed by atoms with Crippen molar-refractivity contribution in [1.29, 1.82) is 0 Å². The molecule has 0 aliphatic heterocycles. The molecule has 31 heavy (non-hydrogen) atoms. The number of benzene rings is 1. The number of halogens is 1. The number of nitrogens with one attached hydrogen (secondary N) is 2. The second-order valence-corrected chi connectivity index (χ2v) is 8.00. The third-order valence-electron chi connectivity index (χ3n) is 4.48. The first-order valence-electron chi connectivity index (χ1n) is 9.58. The lowest BCUT2D eigenvalue weighted by molar-refractivity contribution is -0.139. The molecule has 0 saturated carbocycles. The number of pyridine rings is 1. The van der Waals surface area contributed by atoms with Gasteiger partial charge in [-0.05, 0) is 41.3 Å². The van der Waals surface area contributed by atoms with Crippen LogP contribution in [-0.4, -0.2) is 41.7 Å². The van der Waals surface area contributed by atoms with Gasteiger partial charge in [-0.15, -0.1) is 11.3 Å². The molecule has 0 bridgehead atoms. The van der Waals surface area contributed by atoms with Crippen LogP contribution in [0.15, 0.2) is 53.9 Å². The lowest BCUT2D eigenvalue weighted by atomic mass is 10.1. The first-order chi connectivity index (χ1) is 15.0. The highest BCUT2D eigenvalue weighted by atomic mass is 35.5. The molecule has 0 spiro atoms. The quantitative estimate of drug-likeness (QED) is 0.425. The fraction of sp³-hybridized carbons (Fsp3) is 0.227. The van der Waals surface area contributed by atoms with E-state index in [-0.39, 0.29) is 6.42 Å². The summed E-state index contributed by atoms with van der Waals surface area (Å²) < 4.78 is 5.76. The number of nitrogens with zero attached hydrogens (tertiary/aromatic N) is 1. The van der Waals surface area contributed by atoms with Crippen molar-refractivity contribution in [2.24, 2.45) is 0 Å². The lowest BCUT2D eigenvalue weighted by Gasteiger charge is -2.15. The van der Waals surface area contributed by atoms with Crippen LogP contribution in [0.4, 0.5) is 5.82 Å². The minimum atomic E-state index is -1.11. The van der Waals surface area contributed by atoms with Crippen molar-refractivity contribution in [2.75, 3.05) is 19.0 Å². The highest BCUT2D eigenvalue weighted by Crippen LogP contribution is 2.22. The number of hydrogen-bond donors (Lipinski definition) is 3. The van der Waals surface area contributed by atoms with Gasteiger partial charge in [0, 0.05) is 25.6 Å². The Morgan fingerprint density at radius 3 is 2.61 bits per heavy atom. The van der Waals surface area contributed by atoms with Gasteiger partial charge in [0.25, 0.3) is 5.91 Å². The number of hydrogen-bond acceptors (Lipinski definition) is 6. The van der Waals surface area contributed by atoms with Crippen LogP contribution >= 0.6 is 22.9 Å². The molecule has 3 rings (SSSR count). The Bertz CT molecular complexity index is 1040. The third kappa shape index (κ3) is 6.44. The summed E-state index contributed by atoms with van der Waals surface area (Å²) in [5, 5.41) is 17.0. The van der Waals surface area contributed by atoms with Crippen LogP contribution in [-0.2, 0) is 17.6 Å². The van der Waals surface area contributed by atoms with Crippen LogP contribution in [0, 0.1) is 0 Å². The van der Waals surface area contributed by atoms with Crippen molar-refractivity contribution >= 4 is 40.6 Å². The van der Waals surface area contributed by atoms with Gasteiger partial charge in [0.05, 0.1) is 11.6 Å². The normalized spacial score (nSPS) is 11.5. The van der Waals surface area contributed by atoms with Gasteiger partial charge in [-0.2, -0.15) is 0 Å².